The summed E-state index contributed by atoms with van der Waals surface area (Å²) in [6.07, 6.45) is 1.23. The molecule has 0 aliphatic carbocycles. The molecule has 0 spiro atoms. The van der Waals surface area contributed by atoms with Crippen molar-refractivity contribution >= 4 is 6.41 Å². The molecule has 1 atom stereocenters. The van der Waals surface area contributed by atoms with Gasteiger partial charge in [-0.25, -0.2) is 0 Å². The number of rotatable bonds is 4. The van der Waals surface area contributed by atoms with E-state index < -0.39 is 5.60 Å². The highest BCUT2D eigenvalue weighted by Crippen LogP contribution is 2.04. The summed E-state index contributed by atoms with van der Waals surface area (Å²) in [4.78, 5) is 9.75. The standard InChI is InChI=1S/C6H13NO2/c1-3-6(2,9)4-7-5-8/h5,9H,3-4H2,1-2H3,(H,7,8). The van der Waals surface area contributed by atoms with Gasteiger partial charge in [0.1, 0.15) is 0 Å². The Morgan fingerprint density at radius 1 is 1.78 bits per heavy atom. The van der Waals surface area contributed by atoms with Gasteiger partial charge in [0.2, 0.25) is 6.41 Å². The average Bonchev–Trinajstić information content (AvgIpc) is 1.84. The molecule has 0 aromatic rings. The Hall–Kier alpha value is -0.570. The molecule has 0 rings (SSSR count). The summed E-state index contributed by atoms with van der Waals surface area (Å²) in [5.41, 5.74) is -0.749. The topological polar surface area (TPSA) is 49.3 Å². The lowest BCUT2D eigenvalue weighted by Gasteiger charge is -2.19. The Bertz CT molecular complexity index is 91.1. The highest BCUT2D eigenvalue weighted by atomic mass is 16.3. The molecule has 9 heavy (non-hydrogen) atoms. The zero-order valence-electron chi connectivity index (χ0n) is 5.85. The van der Waals surface area contributed by atoms with Gasteiger partial charge in [0.25, 0.3) is 0 Å². The van der Waals surface area contributed by atoms with E-state index in [1.165, 1.54) is 0 Å². The van der Waals surface area contributed by atoms with Crippen molar-refractivity contribution in [2.75, 3.05) is 6.54 Å². The minimum absolute atomic E-state index is 0.326. The van der Waals surface area contributed by atoms with Crippen molar-refractivity contribution in [2.45, 2.75) is 25.9 Å². The third-order valence-electron chi connectivity index (χ3n) is 1.33. The fourth-order valence-electron chi connectivity index (χ4n) is 0.387. The molecule has 0 heterocycles. The molecule has 1 amide bonds. The van der Waals surface area contributed by atoms with Crippen molar-refractivity contribution in [2.24, 2.45) is 0 Å². The quantitative estimate of drug-likeness (QED) is 0.523. The highest BCUT2D eigenvalue weighted by Gasteiger charge is 2.15. The summed E-state index contributed by atoms with van der Waals surface area (Å²) >= 11 is 0. The second kappa shape index (κ2) is 3.45. The molecule has 0 radical (unpaired) electrons. The van der Waals surface area contributed by atoms with E-state index >= 15 is 0 Å². The Balaban J connectivity index is 3.44. The summed E-state index contributed by atoms with van der Waals surface area (Å²) in [7, 11) is 0. The van der Waals surface area contributed by atoms with E-state index in [1.54, 1.807) is 6.92 Å². The Labute approximate surface area is 55.1 Å². The van der Waals surface area contributed by atoms with Gasteiger partial charge in [-0.1, -0.05) is 6.92 Å². The van der Waals surface area contributed by atoms with Crippen molar-refractivity contribution in [3.63, 3.8) is 0 Å². The van der Waals surface area contributed by atoms with Gasteiger partial charge in [-0.15, -0.1) is 0 Å². The molecule has 0 fully saturated rings. The van der Waals surface area contributed by atoms with Crippen LogP contribution >= 0.6 is 0 Å². The summed E-state index contributed by atoms with van der Waals surface area (Å²) in [6, 6.07) is 0. The Morgan fingerprint density at radius 3 is 2.67 bits per heavy atom. The number of hydrogen-bond acceptors (Lipinski definition) is 2. The monoisotopic (exact) mass is 131 g/mol. The summed E-state index contributed by atoms with van der Waals surface area (Å²) in [5, 5.41) is 11.6. The molecule has 2 N–H and O–H groups in total. The lowest BCUT2D eigenvalue weighted by atomic mass is 10.0. The van der Waals surface area contributed by atoms with Gasteiger partial charge in [-0.05, 0) is 13.3 Å². The summed E-state index contributed by atoms with van der Waals surface area (Å²) < 4.78 is 0. The molecule has 3 nitrogen and oxygen atoms in total. The van der Waals surface area contributed by atoms with Gasteiger partial charge in [0.05, 0.1) is 5.60 Å². The molecule has 0 saturated carbocycles. The van der Waals surface area contributed by atoms with Gasteiger partial charge in [0.15, 0.2) is 0 Å². The van der Waals surface area contributed by atoms with Crippen molar-refractivity contribution in [1.82, 2.24) is 5.32 Å². The molecule has 0 saturated heterocycles. The van der Waals surface area contributed by atoms with Crippen LogP contribution in [0.4, 0.5) is 0 Å². The number of carbonyl (C=O) groups is 1. The molecule has 0 aliphatic rings. The van der Waals surface area contributed by atoms with Crippen molar-refractivity contribution in [3.05, 3.63) is 0 Å². The van der Waals surface area contributed by atoms with E-state index in [0.717, 1.165) is 0 Å². The molecule has 1 unspecified atom stereocenters. The van der Waals surface area contributed by atoms with Crippen LogP contribution in [-0.2, 0) is 4.79 Å². The zero-order valence-corrected chi connectivity index (χ0v) is 5.85. The molecule has 3 heteroatoms. The number of nitrogens with one attached hydrogen (secondary N) is 1. The number of carbonyl (C=O) groups excluding carboxylic acids is 1. The van der Waals surface area contributed by atoms with Crippen LogP contribution in [0.15, 0.2) is 0 Å². The van der Waals surface area contributed by atoms with Crippen LogP contribution in [0.3, 0.4) is 0 Å². The van der Waals surface area contributed by atoms with Crippen LogP contribution in [-0.4, -0.2) is 23.7 Å². The van der Waals surface area contributed by atoms with Crippen molar-refractivity contribution < 1.29 is 9.90 Å². The molecule has 0 aromatic heterocycles. The Kier molecular flexibility index (Phi) is 3.24. The highest BCUT2D eigenvalue weighted by molar-refractivity contribution is 5.45. The maximum Gasteiger partial charge on any atom is 0.207 e. The van der Waals surface area contributed by atoms with E-state index in [2.05, 4.69) is 5.32 Å². The van der Waals surface area contributed by atoms with E-state index in [0.29, 0.717) is 19.4 Å². The van der Waals surface area contributed by atoms with Crippen LogP contribution in [0.25, 0.3) is 0 Å². The van der Waals surface area contributed by atoms with E-state index in [4.69, 9.17) is 0 Å². The zero-order chi connectivity index (χ0) is 7.33. The maximum atomic E-state index is 9.75. The second-order valence-corrected chi connectivity index (χ2v) is 2.35. The van der Waals surface area contributed by atoms with Crippen LogP contribution < -0.4 is 5.32 Å². The normalized spacial score (nSPS) is 16.3. The Morgan fingerprint density at radius 2 is 2.33 bits per heavy atom. The largest absolute Gasteiger partial charge is 0.388 e. The molecular formula is C6H13NO2. The molecule has 0 bridgehead atoms. The van der Waals surface area contributed by atoms with Gasteiger partial charge in [-0.2, -0.15) is 0 Å². The van der Waals surface area contributed by atoms with Crippen LogP contribution in [0.5, 0.6) is 0 Å². The van der Waals surface area contributed by atoms with Crippen LogP contribution in [0.2, 0.25) is 0 Å². The maximum absolute atomic E-state index is 9.75. The minimum atomic E-state index is -0.749. The average molecular weight is 131 g/mol. The smallest absolute Gasteiger partial charge is 0.207 e. The lowest BCUT2D eigenvalue weighted by molar-refractivity contribution is -0.110. The van der Waals surface area contributed by atoms with Gasteiger partial charge in [-0.3, -0.25) is 4.79 Å². The minimum Gasteiger partial charge on any atom is -0.388 e. The van der Waals surface area contributed by atoms with E-state index in [-0.39, 0.29) is 0 Å². The lowest BCUT2D eigenvalue weighted by Crippen LogP contribution is -2.36. The number of amides is 1. The molecule has 0 aromatic carbocycles. The molecular weight excluding hydrogens is 118 g/mol. The van der Waals surface area contributed by atoms with Crippen LogP contribution in [0.1, 0.15) is 20.3 Å². The fourth-order valence-corrected chi connectivity index (χ4v) is 0.387. The fraction of sp³-hybridized carbons (Fsp3) is 0.833. The van der Waals surface area contributed by atoms with E-state index in [1.807, 2.05) is 6.92 Å². The predicted octanol–water partition coefficient (Wildman–Crippen LogP) is -0.107. The third-order valence-corrected chi connectivity index (χ3v) is 1.33. The first-order valence-electron chi connectivity index (χ1n) is 3.02. The molecule has 0 aliphatic heterocycles. The van der Waals surface area contributed by atoms with Crippen LogP contribution in [0, 0.1) is 0 Å². The SMILES string of the molecule is CCC(C)(O)CNC=O. The first-order valence-corrected chi connectivity index (χ1v) is 3.02. The first kappa shape index (κ1) is 8.43. The van der Waals surface area contributed by atoms with Gasteiger partial charge >= 0.3 is 0 Å². The summed E-state index contributed by atoms with van der Waals surface area (Å²) in [6.45, 7) is 3.88. The molecule has 54 valence electrons. The second-order valence-electron chi connectivity index (χ2n) is 2.35. The van der Waals surface area contributed by atoms with Crippen molar-refractivity contribution in [1.29, 1.82) is 0 Å². The number of hydrogen-bond donors (Lipinski definition) is 2. The number of aliphatic hydroxyl groups is 1. The van der Waals surface area contributed by atoms with Gasteiger partial charge < -0.3 is 10.4 Å². The first-order chi connectivity index (χ1) is 4.12. The van der Waals surface area contributed by atoms with Crippen molar-refractivity contribution in [3.8, 4) is 0 Å². The third kappa shape index (κ3) is 3.97. The predicted molar refractivity (Wildman–Crippen MR) is 35.0 cm³/mol. The van der Waals surface area contributed by atoms with E-state index in [9.17, 15) is 9.90 Å². The van der Waals surface area contributed by atoms with Gasteiger partial charge in [0, 0.05) is 6.54 Å². The summed E-state index contributed by atoms with van der Waals surface area (Å²) in [5.74, 6) is 0.